The fourth-order valence-electron chi connectivity index (χ4n) is 3.23. The lowest BCUT2D eigenvalue weighted by Gasteiger charge is -2.22. The Morgan fingerprint density at radius 3 is 3.00 bits per heavy atom. The number of aromatic amines is 1. The summed E-state index contributed by atoms with van der Waals surface area (Å²) in [4.78, 5) is 17.2. The average molecular weight is 349 g/mol. The van der Waals surface area contributed by atoms with E-state index in [9.17, 15) is 13.2 Å². The molecule has 0 radical (unpaired) electrons. The third-order valence-corrected chi connectivity index (χ3v) is 6.26. The van der Waals surface area contributed by atoms with Crippen molar-refractivity contribution in [3.63, 3.8) is 0 Å². The lowest BCUT2D eigenvalue weighted by molar-refractivity contribution is 0.196. The van der Waals surface area contributed by atoms with Gasteiger partial charge in [0.2, 0.25) is 0 Å². The molecule has 7 heteroatoms. The largest absolute Gasteiger partial charge is 0.361 e. The molecule has 2 N–H and O–H groups in total. The van der Waals surface area contributed by atoms with Gasteiger partial charge in [-0.25, -0.2) is 13.2 Å². The van der Waals surface area contributed by atoms with E-state index in [2.05, 4.69) is 16.4 Å². The zero-order valence-corrected chi connectivity index (χ0v) is 14.6. The van der Waals surface area contributed by atoms with Gasteiger partial charge in [0.1, 0.15) is 0 Å². The number of carbonyl (C=O) groups excluding carboxylic acids is 1. The van der Waals surface area contributed by atoms with Crippen molar-refractivity contribution in [2.24, 2.45) is 5.92 Å². The first kappa shape index (κ1) is 16.8. The van der Waals surface area contributed by atoms with Gasteiger partial charge in [0, 0.05) is 36.7 Å². The highest BCUT2D eigenvalue weighted by molar-refractivity contribution is 7.91. The van der Waals surface area contributed by atoms with Crippen LogP contribution in [0.4, 0.5) is 4.79 Å². The molecule has 0 bridgehead atoms. The summed E-state index contributed by atoms with van der Waals surface area (Å²) in [7, 11) is -3.04. The van der Waals surface area contributed by atoms with Gasteiger partial charge in [-0.3, -0.25) is 0 Å². The average Bonchev–Trinajstić information content (AvgIpc) is 2.87. The Labute approximate surface area is 142 Å². The second-order valence-corrected chi connectivity index (χ2v) is 8.74. The number of rotatable bonds is 3. The number of fused-ring (bicyclic) bond motifs is 1. The van der Waals surface area contributed by atoms with Gasteiger partial charge in [0.25, 0.3) is 0 Å². The number of nitrogens with zero attached hydrogens (tertiary/aromatic N) is 1. The molecule has 0 spiro atoms. The highest BCUT2D eigenvalue weighted by Crippen LogP contribution is 2.17. The van der Waals surface area contributed by atoms with Gasteiger partial charge in [0.15, 0.2) is 9.84 Å². The predicted octanol–water partition coefficient (Wildman–Crippen LogP) is 1.79. The minimum Gasteiger partial charge on any atom is -0.361 e. The molecule has 6 nitrogen and oxygen atoms in total. The highest BCUT2D eigenvalue weighted by atomic mass is 32.2. The maximum Gasteiger partial charge on any atom is 0.317 e. The van der Waals surface area contributed by atoms with Crippen molar-refractivity contribution in [3.05, 3.63) is 36.0 Å². The summed E-state index contributed by atoms with van der Waals surface area (Å²) in [6.45, 7) is 3.15. The van der Waals surface area contributed by atoms with Gasteiger partial charge in [-0.05, 0) is 24.0 Å². The summed E-state index contributed by atoms with van der Waals surface area (Å²) in [5.74, 6) is 0.177. The van der Waals surface area contributed by atoms with E-state index in [0.717, 1.165) is 17.5 Å². The van der Waals surface area contributed by atoms with Crippen molar-refractivity contribution in [2.75, 3.05) is 31.1 Å². The SMILES string of the molecule is C[C@H]1CN(C(=O)NCCc2c[nH]c3ccccc23)CCS(=O)(=O)C1. The quantitative estimate of drug-likeness (QED) is 0.886. The molecule has 0 saturated carbocycles. The Balaban J connectivity index is 1.55. The molecule has 1 aromatic heterocycles. The number of para-hydroxylation sites is 1. The van der Waals surface area contributed by atoms with E-state index in [1.807, 2.05) is 31.3 Å². The van der Waals surface area contributed by atoms with Crippen molar-refractivity contribution in [2.45, 2.75) is 13.3 Å². The van der Waals surface area contributed by atoms with Gasteiger partial charge in [-0.2, -0.15) is 0 Å². The molecule has 0 aliphatic carbocycles. The zero-order valence-electron chi connectivity index (χ0n) is 13.8. The summed E-state index contributed by atoms with van der Waals surface area (Å²) in [6.07, 6.45) is 2.70. The number of urea groups is 1. The Hall–Kier alpha value is -2.02. The third kappa shape index (κ3) is 3.90. The van der Waals surface area contributed by atoms with E-state index in [1.165, 1.54) is 5.39 Å². The van der Waals surface area contributed by atoms with Crippen molar-refractivity contribution >= 4 is 26.8 Å². The van der Waals surface area contributed by atoms with Crippen LogP contribution in [0, 0.1) is 5.92 Å². The first-order valence-corrected chi connectivity index (χ1v) is 10.0. The van der Waals surface area contributed by atoms with Gasteiger partial charge in [-0.15, -0.1) is 0 Å². The number of aromatic nitrogens is 1. The number of hydrogen-bond acceptors (Lipinski definition) is 3. The van der Waals surface area contributed by atoms with E-state index in [-0.39, 0.29) is 30.0 Å². The normalized spacial score (nSPS) is 20.7. The monoisotopic (exact) mass is 349 g/mol. The molecule has 0 unspecified atom stereocenters. The van der Waals surface area contributed by atoms with Gasteiger partial charge >= 0.3 is 6.03 Å². The minimum absolute atomic E-state index is 0.0307. The summed E-state index contributed by atoms with van der Waals surface area (Å²) in [5.41, 5.74) is 2.25. The molecule has 2 aromatic rings. The summed E-state index contributed by atoms with van der Waals surface area (Å²) < 4.78 is 23.6. The van der Waals surface area contributed by atoms with Crippen LogP contribution in [0.15, 0.2) is 30.5 Å². The first-order chi connectivity index (χ1) is 11.4. The van der Waals surface area contributed by atoms with E-state index >= 15 is 0 Å². The van der Waals surface area contributed by atoms with E-state index in [4.69, 9.17) is 0 Å². The number of sulfone groups is 1. The molecule has 130 valence electrons. The fourth-order valence-corrected chi connectivity index (χ4v) is 4.86. The molecule has 1 atom stereocenters. The summed E-state index contributed by atoms with van der Waals surface area (Å²) in [5, 5.41) is 4.08. The standard InChI is InChI=1S/C17H23N3O3S/c1-13-11-20(8-9-24(22,23)12-13)17(21)18-7-6-14-10-19-16-5-3-2-4-15(14)16/h2-5,10,13,19H,6-9,11-12H2,1H3,(H,18,21)/t13-/m0/s1. The van der Waals surface area contributed by atoms with Crippen LogP contribution >= 0.6 is 0 Å². The molecule has 2 heterocycles. The topological polar surface area (TPSA) is 82.3 Å². The minimum atomic E-state index is -3.04. The molecular weight excluding hydrogens is 326 g/mol. The van der Waals surface area contributed by atoms with Crippen LogP contribution in [0.3, 0.4) is 0 Å². The Morgan fingerprint density at radius 1 is 1.38 bits per heavy atom. The second-order valence-electron chi connectivity index (χ2n) is 6.51. The van der Waals surface area contributed by atoms with E-state index < -0.39 is 9.84 Å². The Morgan fingerprint density at radius 2 is 2.17 bits per heavy atom. The fraction of sp³-hybridized carbons (Fsp3) is 0.471. The number of H-pyrrole nitrogens is 1. The van der Waals surface area contributed by atoms with Gasteiger partial charge < -0.3 is 15.2 Å². The highest BCUT2D eigenvalue weighted by Gasteiger charge is 2.26. The van der Waals surface area contributed by atoms with Crippen molar-refractivity contribution in [1.29, 1.82) is 0 Å². The lowest BCUT2D eigenvalue weighted by Crippen LogP contribution is -2.43. The summed E-state index contributed by atoms with van der Waals surface area (Å²) in [6, 6.07) is 7.88. The van der Waals surface area contributed by atoms with Crippen LogP contribution in [-0.2, 0) is 16.3 Å². The molecule has 24 heavy (non-hydrogen) atoms. The maximum atomic E-state index is 12.3. The van der Waals surface area contributed by atoms with Crippen LogP contribution in [-0.4, -0.2) is 55.5 Å². The van der Waals surface area contributed by atoms with Crippen molar-refractivity contribution in [1.82, 2.24) is 15.2 Å². The molecule has 1 aliphatic rings. The lowest BCUT2D eigenvalue weighted by atomic mass is 10.1. The van der Waals surface area contributed by atoms with E-state index in [1.54, 1.807) is 4.90 Å². The molecule has 1 aliphatic heterocycles. The first-order valence-electron chi connectivity index (χ1n) is 8.23. The van der Waals surface area contributed by atoms with Gasteiger partial charge in [0.05, 0.1) is 11.5 Å². The van der Waals surface area contributed by atoms with Crippen LogP contribution in [0.25, 0.3) is 10.9 Å². The smallest absolute Gasteiger partial charge is 0.317 e. The van der Waals surface area contributed by atoms with Crippen molar-refractivity contribution in [3.8, 4) is 0 Å². The third-order valence-electron chi connectivity index (χ3n) is 4.38. The summed E-state index contributed by atoms with van der Waals surface area (Å²) >= 11 is 0. The van der Waals surface area contributed by atoms with E-state index in [0.29, 0.717) is 13.1 Å². The molecule has 1 saturated heterocycles. The predicted molar refractivity (Wildman–Crippen MR) is 94.8 cm³/mol. The number of nitrogens with one attached hydrogen (secondary N) is 2. The second kappa shape index (κ2) is 6.84. The Bertz CT molecular complexity index is 828. The van der Waals surface area contributed by atoms with Crippen LogP contribution in [0.1, 0.15) is 12.5 Å². The van der Waals surface area contributed by atoms with Crippen LogP contribution in [0.5, 0.6) is 0 Å². The molecule has 3 rings (SSSR count). The number of hydrogen-bond donors (Lipinski definition) is 2. The van der Waals surface area contributed by atoms with Gasteiger partial charge in [-0.1, -0.05) is 25.1 Å². The number of amides is 2. The molecule has 1 fully saturated rings. The molecule has 2 amide bonds. The number of carbonyl (C=O) groups is 1. The van der Waals surface area contributed by atoms with Crippen LogP contribution in [0.2, 0.25) is 0 Å². The van der Waals surface area contributed by atoms with Crippen molar-refractivity contribution < 1.29 is 13.2 Å². The zero-order chi connectivity index (χ0) is 17.2. The maximum absolute atomic E-state index is 12.3. The molecule has 1 aromatic carbocycles. The molecular formula is C17H23N3O3S. The van der Waals surface area contributed by atoms with Crippen LogP contribution < -0.4 is 5.32 Å². The Kier molecular flexibility index (Phi) is 4.80. The number of benzene rings is 1.